The Bertz CT molecular complexity index is 308. The van der Waals surface area contributed by atoms with Gasteiger partial charge in [0.1, 0.15) is 12.4 Å². The summed E-state index contributed by atoms with van der Waals surface area (Å²) in [5.74, 6) is -0.743. The third-order valence-electron chi connectivity index (χ3n) is 1.74. The summed E-state index contributed by atoms with van der Waals surface area (Å²) in [5, 5.41) is 9.23. The molecule has 0 amide bonds. The van der Waals surface area contributed by atoms with Crippen LogP contribution in [0.5, 0.6) is 5.75 Å². The van der Waals surface area contributed by atoms with Gasteiger partial charge in [-0.05, 0) is 31.2 Å². The van der Waals surface area contributed by atoms with Gasteiger partial charge < -0.3 is 9.84 Å². The highest BCUT2D eigenvalue weighted by Gasteiger charge is 2.11. The molecule has 0 aliphatic carbocycles. The van der Waals surface area contributed by atoms with Crippen molar-refractivity contribution in [3.63, 3.8) is 0 Å². The van der Waals surface area contributed by atoms with Gasteiger partial charge in [0.15, 0.2) is 0 Å². The lowest BCUT2D eigenvalue weighted by Gasteiger charge is -2.08. The van der Waals surface area contributed by atoms with Crippen molar-refractivity contribution in [2.24, 2.45) is 5.92 Å². The summed E-state index contributed by atoms with van der Waals surface area (Å²) < 4.78 is 5.24. The van der Waals surface area contributed by atoms with E-state index in [1.807, 2.05) is 0 Å². The summed E-state index contributed by atoms with van der Waals surface area (Å²) >= 11 is 5.68. The smallest absolute Gasteiger partial charge is 0.309 e. The first kappa shape index (κ1) is 10.9. The fraction of sp³-hybridized carbons (Fsp3) is 0.300. The van der Waals surface area contributed by atoms with Gasteiger partial charge in [-0.3, -0.25) is 4.79 Å². The second-order valence-corrected chi connectivity index (χ2v) is 3.44. The normalized spacial score (nSPS) is 12.1. The van der Waals surface area contributed by atoms with Crippen molar-refractivity contribution in [1.29, 1.82) is 0 Å². The molecule has 0 saturated carbocycles. The van der Waals surface area contributed by atoms with Gasteiger partial charge >= 0.3 is 5.97 Å². The zero-order valence-corrected chi connectivity index (χ0v) is 8.49. The van der Waals surface area contributed by atoms with E-state index in [2.05, 4.69) is 0 Å². The third kappa shape index (κ3) is 3.26. The Hall–Kier alpha value is -1.22. The van der Waals surface area contributed by atoms with E-state index in [0.29, 0.717) is 10.8 Å². The SMILES string of the molecule is C[C@@H](COc1ccc(Cl)cc1)C(=O)O. The molecule has 4 heteroatoms. The standard InChI is InChI=1S/C10H11ClO3/c1-7(10(12)13)6-14-9-4-2-8(11)3-5-9/h2-5,7H,6H2,1H3,(H,12,13)/t7-/m0/s1. The number of carboxylic acids is 1. The molecule has 1 atom stereocenters. The van der Waals surface area contributed by atoms with E-state index in [4.69, 9.17) is 21.4 Å². The number of ether oxygens (including phenoxy) is 1. The quantitative estimate of drug-likeness (QED) is 0.838. The number of benzene rings is 1. The highest BCUT2D eigenvalue weighted by molar-refractivity contribution is 6.30. The Morgan fingerprint density at radius 3 is 2.57 bits per heavy atom. The van der Waals surface area contributed by atoms with E-state index in [9.17, 15) is 4.79 Å². The fourth-order valence-corrected chi connectivity index (χ4v) is 0.949. The molecule has 0 saturated heterocycles. The molecule has 0 aliphatic rings. The minimum Gasteiger partial charge on any atom is -0.493 e. The molecular weight excluding hydrogens is 204 g/mol. The Labute approximate surface area is 87.3 Å². The number of rotatable bonds is 4. The lowest BCUT2D eigenvalue weighted by molar-refractivity contribution is -0.142. The van der Waals surface area contributed by atoms with Crippen LogP contribution in [0, 0.1) is 5.92 Å². The predicted octanol–water partition coefficient (Wildman–Crippen LogP) is 2.44. The zero-order valence-electron chi connectivity index (χ0n) is 7.74. The van der Waals surface area contributed by atoms with Crippen molar-refractivity contribution in [2.45, 2.75) is 6.92 Å². The first-order valence-corrected chi connectivity index (χ1v) is 4.58. The van der Waals surface area contributed by atoms with Crippen LogP contribution in [0.4, 0.5) is 0 Å². The fourth-order valence-electron chi connectivity index (χ4n) is 0.823. The molecule has 1 N–H and O–H groups in total. The molecule has 14 heavy (non-hydrogen) atoms. The summed E-state index contributed by atoms with van der Waals surface area (Å²) in [7, 11) is 0. The van der Waals surface area contributed by atoms with Crippen LogP contribution >= 0.6 is 11.6 Å². The zero-order chi connectivity index (χ0) is 10.6. The van der Waals surface area contributed by atoms with E-state index in [1.54, 1.807) is 31.2 Å². The lowest BCUT2D eigenvalue weighted by Crippen LogP contribution is -2.17. The summed E-state index contributed by atoms with van der Waals surface area (Å²) in [6.45, 7) is 1.76. The maximum absolute atomic E-state index is 10.5. The van der Waals surface area contributed by atoms with Crippen molar-refractivity contribution < 1.29 is 14.6 Å². The van der Waals surface area contributed by atoms with Crippen LogP contribution in [-0.2, 0) is 4.79 Å². The van der Waals surface area contributed by atoms with Crippen molar-refractivity contribution in [3.8, 4) is 5.75 Å². The summed E-state index contributed by atoms with van der Waals surface area (Å²) in [6, 6.07) is 6.80. The molecule has 0 unspecified atom stereocenters. The highest BCUT2D eigenvalue weighted by atomic mass is 35.5. The second kappa shape index (κ2) is 4.86. The average Bonchev–Trinajstić information content (AvgIpc) is 2.16. The van der Waals surface area contributed by atoms with E-state index in [0.717, 1.165) is 0 Å². The van der Waals surface area contributed by atoms with Gasteiger partial charge in [0, 0.05) is 5.02 Å². The van der Waals surface area contributed by atoms with E-state index in [-0.39, 0.29) is 6.61 Å². The van der Waals surface area contributed by atoms with Crippen LogP contribution in [0.15, 0.2) is 24.3 Å². The van der Waals surface area contributed by atoms with Crippen molar-refractivity contribution >= 4 is 17.6 Å². The molecule has 0 aromatic heterocycles. The molecule has 1 rings (SSSR count). The van der Waals surface area contributed by atoms with Gasteiger partial charge in [0.05, 0.1) is 5.92 Å². The molecule has 0 radical (unpaired) electrons. The largest absolute Gasteiger partial charge is 0.493 e. The van der Waals surface area contributed by atoms with E-state index in [1.165, 1.54) is 0 Å². The van der Waals surface area contributed by atoms with Gasteiger partial charge in [-0.25, -0.2) is 0 Å². The van der Waals surface area contributed by atoms with Gasteiger partial charge in [0.25, 0.3) is 0 Å². The highest BCUT2D eigenvalue weighted by Crippen LogP contribution is 2.16. The number of hydrogen-bond acceptors (Lipinski definition) is 2. The molecule has 3 nitrogen and oxygen atoms in total. The van der Waals surface area contributed by atoms with Crippen molar-refractivity contribution in [3.05, 3.63) is 29.3 Å². The number of carbonyl (C=O) groups is 1. The molecule has 0 spiro atoms. The van der Waals surface area contributed by atoms with Gasteiger partial charge in [-0.15, -0.1) is 0 Å². The third-order valence-corrected chi connectivity index (χ3v) is 1.99. The van der Waals surface area contributed by atoms with Gasteiger partial charge in [-0.2, -0.15) is 0 Å². The van der Waals surface area contributed by atoms with Crippen molar-refractivity contribution in [1.82, 2.24) is 0 Å². The second-order valence-electron chi connectivity index (χ2n) is 3.00. The Morgan fingerprint density at radius 1 is 1.50 bits per heavy atom. The Morgan fingerprint density at radius 2 is 2.07 bits per heavy atom. The monoisotopic (exact) mass is 214 g/mol. The van der Waals surface area contributed by atoms with Crippen LogP contribution in [-0.4, -0.2) is 17.7 Å². The molecule has 0 aliphatic heterocycles. The number of aliphatic carboxylic acids is 1. The van der Waals surface area contributed by atoms with E-state index < -0.39 is 11.9 Å². The maximum Gasteiger partial charge on any atom is 0.309 e. The maximum atomic E-state index is 10.5. The minimum absolute atomic E-state index is 0.164. The molecular formula is C10H11ClO3. The van der Waals surface area contributed by atoms with Crippen LogP contribution < -0.4 is 4.74 Å². The summed E-state index contributed by atoms with van der Waals surface area (Å²) in [6.07, 6.45) is 0. The lowest BCUT2D eigenvalue weighted by atomic mass is 10.2. The number of hydrogen-bond donors (Lipinski definition) is 1. The average molecular weight is 215 g/mol. The predicted molar refractivity (Wildman–Crippen MR) is 53.7 cm³/mol. The Balaban J connectivity index is 2.46. The van der Waals surface area contributed by atoms with Crippen LogP contribution in [0.1, 0.15) is 6.92 Å². The summed E-state index contributed by atoms with van der Waals surface area (Å²) in [4.78, 5) is 10.5. The van der Waals surface area contributed by atoms with Gasteiger partial charge in [0.2, 0.25) is 0 Å². The molecule has 76 valence electrons. The van der Waals surface area contributed by atoms with E-state index >= 15 is 0 Å². The molecule has 0 bridgehead atoms. The number of halogens is 1. The molecule has 0 heterocycles. The van der Waals surface area contributed by atoms with Crippen LogP contribution in [0.3, 0.4) is 0 Å². The molecule has 1 aromatic carbocycles. The molecule has 0 fully saturated rings. The van der Waals surface area contributed by atoms with Crippen molar-refractivity contribution in [2.75, 3.05) is 6.61 Å². The minimum atomic E-state index is -0.862. The Kier molecular flexibility index (Phi) is 3.77. The van der Waals surface area contributed by atoms with Gasteiger partial charge in [-0.1, -0.05) is 11.6 Å². The summed E-state index contributed by atoms with van der Waals surface area (Å²) in [5.41, 5.74) is 0. The topological polar surface area (TPSA) is 46.5 Å². The number of carboxylic acid groups (broad SMARTS) is 1. The van der Waals surface area contributed by atoms with Crippen LogP contribution in [0.25, 0.3) is 0 Å². The first-order valence-electron chi connectivity index (χ1n) is 4.21. The van der Waals surface area contributed by atoms with Crippen LogP contribution in [0.2, 0.25) is 5.02 Å². The molecule has 1 aromatic rings. The first-order chi connectivity index (χ1) is 6.59.